The highest BCUT2D eigenvalue weighted by Gasteiger charge is 2.03. The molecule has 60 valence electrons. The number of carbonyl (C=O) groups excluding carboxylic acids is 1. The van der Waals surface area contributed by atoms with Crippen LogP contribution in [0.2, 0.25) is 0 Å². The van der Waals surface area contributed by atoms with Crippen LogP contribution in [0.4, 0.5) is 0 Å². The summed E-state index contributed by atoms with van der Waals surface area (Å²) >= 11 is 6.69. The number of rotatable bonds is 4. The Morgan fingerprint density at radius 3 is 2.70 bits per heavy atom. The number of hydrogen-bond donors (Lipinski definition) is 0. The molecule has 0 amide bonds. The summed E-state index contributed by atoms with van der Waals surface area (Å²) in [4.78, 5) is 10.7. The van der Waals surface area contributed by atoms with Crippen LogP contribution in [0.15, 0.2) is 0 Å². The first-order valence-corrected chi connectivity index (χ1v) is 4.69. The van der Waals surface area contributed by atoms with Crippen molar-refractivity contribution in [2.24, 2.45) is 0 Å². The molecule has 0 aliphatic carbocycles. The molecule has 0 rings (SSSR count). The Kier molecular flexibility index (Phi) is 5.93. The molecule has 0 aliphatic heterocycles. The summed E-state index contributed by atoms with van der Waals surface area (Å²) < 4.78 is 4.83. The third-order valence-electron chi connectivity index (χ3n) is 0.664. The highest BCUT2D eigenvalue weighted by atomic mass is 35.5. The number of hydrogen-bond acceptors (Lipinski definition) is 3. The van der Waals surface area contributed by atoms with Gasteiger partial charge in [-0.1, -0.05) is 0 Å². The van der Waals surface area contributed by atoms with Gasteiger partial charge in [0.05, 0.1) is 17.1 Å². The first kappa shape index (κ1) is 10.1. The van der Waals surface area contributed by atoms with Gasteiger partial charge < -0.3 is 4.74 Å². The fraction of sp³-hybridized carbons (Fsp3) is 0.833. The zero-order valence-corrected chi connectivity index (χ0v) is 7.67. The van der Waals surface area contributed by atoms with Crippen LogP contribution in [-0.2, 0) is 9.53 Å². The van der Waals surface area contributed by atoms with Crippen LogP contribution in [0.1, 0.15) is 13.8 Å². The zero-order valence-electron chi connectivity index (χ0n) is 6.09. The number of ether oxygens (including phenoxy) is 1. The van der Waals surface area contributed by atoms with Gasteiger partial charge in [0.25, 0.3) is 0 Å². The average Bonchev–Trinajstić information content (AvgIpc) is 1.82. The van der Waals surface area contributed by atoms with E-state index in [1.807, 2.05) is 13.8 Å². The van der Waals surface area contributed by atoms with E-state index in [9.17, 15) is 4.79 Å². The number of esters is 1. The number of halogens is 1. The van der Waals surface area contributed by atoms with Crippen LogP contribution in [-0.4, -0.2) is 23.0 Å². The van der Waals surface area contributed by atoms with Crippen molar-refractivity contribution in [1.82, 2.24) is 0 Å². The molecule has 0 heterocycles. The molecule has 4 heteroatoms. The van der Waals surface area contributed by atoms with Crippen molar-refractivity contribution in [2.75, 3.05) is 11.0 Å². The lowest BCUT2D eigenvalue weighted by Crippen LogP contribution is -2.13. The second-order valence-corrected chi connectivity index (χ2v) is 3.57. The van der Waals surface area contributed by atoms with Gasteiger partial charge in [0, 0.05) is 0 Å². The maximum Gasteiger partial charge on any atom is 0.316 e. The molecule has 0 bridgehead atoms. The highest BCUT2D eigenvalue weighted by Crippen LogP contribution is 2.03. The van der Waals surface area contributed by atoms with Gasteiger partial charge in [-0.2, -0.15) is 0 Å². The first-order chi connectivity index (χ1) is 4.66. The Morgan fingerprint density at radius 1 is 1.70 bits per heavy atom. The van der Waals surface area contributed by atoms with Crippen LogP contribution in [0.5, 0.6) is 0 Å². The SMILES string of the molecule is CC(C)OC(=O)CSCCl. The van der Waals surface area contributed by atoms with E-state index in [0.29, 0.717) is 11.0 Å². The summed E-state index contributed by atoms with van der Waals surface area (Å²) in [5.74, 6) is 0.155. The van der Waals surface area contributed by atoms with Crippen LogP contribution >= 0.6 is 23.4 Å². The minimum absolute atomic E-state index is 0.0246. The topological polar surface area (TPSA) is 26.3 Å². The lowest BCUT2D eigenvalue weighted by molar-refractivity contribution is -0.144. The molecule has 0 N–H and O–H groups in total. The summed E-state index contributed by atoms with van der Waals surface area (Å²) in [6.45, 7) is 3.65. The summed E-state index contributed by atoms with van der Waals surface area (Å²) in [6.07, 6.45) is -0.0246. The molecule has 0 aromatic rings. The van der Waals surface area contributed by atoms with Crippen molar-refractivity contribution < 1.29 is 9.53 Å². The molecular weight excluding hydrogens is 172 g/mol. The monoisotopic (exact) mass is 182 g/mol. The van der Waals surface area contributed by atoms with Crippen molar-refractivity contribution in [3.63, 3.8) is 0 Å². The maximum absolute atomic E-state index is 10.7. The molecule has 0 atom stereocenters. The highest BCUT2D eigenvalue weighted by molar-refractivity contribution is 8.00. The number of carbonyl (C=O) groups is 1. The Bertz CT molecular complexity index is 106. The van der Waals surface area contributed by atoms with E-state index in [2.05, 4.69) is 0 Å². The first-order valence-electron chi connectivity index (χ1n) is 3.00. The normalized spacial score (nSPS) is 10.0. The standard InChI is InChI=1S/C6H11ClO2S/c1-5(2)9-6(8)3-10-4-7/h5H,3-4H2,1-2H3. The predicted octanol–water partition coefficient (Wildman–Crippen LogP) is 1.87. The van der Waals surface area contributed by atoms with Crippen LogP contribution in [0, 0.1) is 0 Å². The van der Waals surface area contributed by atoms with E-state index in [4.69, 9.17) is 16.3 Å². The predicted molar refractivity (Wildman–Crippen MR) is 44.4 cm³/mol. The van der Waals surface area contributed by atoms with E-state index in [-0.39, 0.29) is 12.1 Å². The van der Waals surface area contributed by atoms with Gasteiger partial charge in [0.1, 0.15) is 0 Å². The number of alkyl halides is 1. The molecule has 0 fully saturated rings. The van der Waals surface area contributed by atoms with Gasteiger partial charge in [-0.25, -0.2) is 0 Å². The van der Waals surface area contributed by atoms with Gasteiger partial charge in [-0.15, -0.1) is 23.4 Å². The van der Waals surface area contributed by atoms with E-state index in [0.717, 1.165) is 0 Å². The average molecular weight is 183 g/mol. The molecular formula is C6H11ClO2S. The van der Waals surface area contributed by atoms with E-state index in [1.54, 1.807) is 0 Å². The van der Waals surface area contributed by atoms with Gasteiger partial charge in [-0.3, -0.25) is 4.79 Å². The Morgan fingerprint density at radius 2 is 2.30 bits per heavy atom. The minimum Gasteiger partial charge on any atom is -0.462 e. The largest absolute Gasteiger partial charge is 0.462 e. The van der Waals surface area contributed by atoms with Crippen molar-refractivity contribution in [3.05, 3.63) is 0 Å². The van der Waals surface area contributed by atoms with Crippen LogP contribution < -0.4 is 0 Å². The zero-order chi connectivity index (χ0) is 7.98. The molecule has 2 nitrogen and oxygen atoms in total. The number of thioether (sulfide) groups is 1. The second kappa shape index (κ2) is 5.86. The molecule has 10 heavy (non-hydrogen) atoms. The molecule has 0 radical (unpaired) electrons. The molecule has 0 aromatic heterocycles. The smallest absolute Gasteiger partial charge is 0.316 e. The van der Waals surface area contributed by atoms with Crippen molar-refractivity contribution in [2.45, 2.75) is 20.0 Å². The second-order valence-electron chi connectivity index (χ2n) is 2.00. The minimum atomic E-state index is -0.194. The van der Waals surface area contributed by atoms with Gasteiger partial charge in [0.15, 0.2) is 0 Å². The molecule has 0 aliphatic rings. The molecule has 0 unspecified atom stereocenters. The Hall–Kier alpha value is 0.110. The quantitative estimate of drug-likeness (QED) is 0.491. The van der Waals surface area contributed by atoms with E-state index in [1.165, 1.54) is 11.8 Å². The summed E-state index contributed by atoms with van der Waals surface area (Å²) in [6, 6.07) is 0. The Balaban J connectivity index is 3.26. The Labute approximate surface area is 70.3 Å². The van der Waals surface area contributed by atoms with Gasteiger partial charge in [-0.05, 0) is 13.8 Å². The third kappa shape index (κ3) is 6.23. The van der Waals surface area contributed by atoms with Crippen molar-refractivity contribution in [1.29, 1.82) is 0 Å². The fourth-order valence-electron chi connectivity index (χ4n) is 0.419. The van der Waals surface area contributed by atoms with E-state index >= 15 is 0 Å². The third-order valence-corrected chi connectivity index (χ3v) is 1.72. The molecule has 0 saturated heterocycles. The molecule has 0 saturated carbocycles. The summed E-state index contributed by atoms with van der Waals surface area (Å²) in [7, 11) is 0. The van der Waals surface area contributed by atoms with Gasteiger partial charge >= 0.3 is 5.97 Å². The van der Waals surface area contributed by atoms with Crippen molar-refractivity contribution >= 4 is 29.3 Å². The van der Waals surface area contributed by atoms with Gasteiger partial charge in [0.2, 0.25) is 0 Å². The lowest BCUT2D eigenvalue weighted by atomic mass is 10.5. The fourth-order valence-corrected chi connectivity index (χ4v) is 0.962. The van der Waals surface area contributed by atoms with Crippen LogP contribution in [0.25, 0.3) is 0 Å². The molecule has 0 aromatic carbocycles. The maximum atomic E-state index is 10.7. The molecule has 0 spiro atoms. The summed E-state index contributed by atoms with van der Waals surface area (Å²) in [5, 5.41) is 0.438. The van der Waals surface area contributed by atoms with Crippen molar-refractivity contribution in [3.8, 4) is 0 Å². The van der Waals surface area contributed by atoms with E-state index < -0.39 is 0 Å². The van der Waals surface area contributed by atoms with Crippen LogP contribution in [0.3, 0.4) is 0 Å². The lowest BCUT2D eigenvalue weighted by Gasteiger charge is -2.05. The summed E-state index contributed by atoms with van der Waals surface area (Å²) in [5.41, 5.74) is 0.